The number of halogens is 1. The maximum Gasteiger partial charge on any atom is 0.338 e. The van der Waals surface area contributed by atoms with Crippen molar-refractivity contribution in [2.75, 3.05) is 53.6 Å². The standard InChI is InChI=1S/C24H29ClN4O4S/c1-16-21(23(31)33-13-12-32-3)22(18-6-4-5-7-19(18)25)29-17(15-34-24(29)26-16)14-20(30)28-10-8-27(2)9-11-28/h4-7,15,22H,8-14H2,1-3H3. The van der Waals surface area contributed by atoms with Crippen molar-refractivity contribution in [2.45, 2.75) is 19.4 Å². The first-order valence-corrected chi connectivity index (χ1v) is 12.5. The van der Waals surface area contributed by atoms with Gasteiger partial charge in [0.1, 0.15) is 6.61 Å². The zero-order chi connectivity index (χ0) is 24.2. The maximum atomic E-state index is 13.2. The average Bonchev–Trinajstić information content (AvgIpc) is 3.21. The molecule has 182 valence electrons. The number of nitrogens with zero attached hydrogens (tertiary/aromatic N) is 4. The van der Waals surface area contributed by atoms with Crippen LogP contribution in [0, 0.1) is 0 Å². The fourth-order valence-corrected chi connectivity index (χ4v) is 5.44. The van der Waals surface area contributed by atoms with Gasteiger partial charge in [-0.3, -0.25) is 4.79 Å². The molecule has 0 aliphatic carbocycles. The summed E-state index contributed by atoms with van der Waals surface area (Å²) in [5, 5.41) is 3.20. The predicted octanol–water partition coefficient (Wildman–Crippen LogP) is 3.27. The number of aliphatic imine (C=N–C) groups is 1. The Balaban J connectivity index is 1.65. The normalized spacial score (nSPS) is 20.8. The molecule has 8 nitrogen and oxygen atoms in total. The second-order valence-electron chi connectivity index (χ2n) is 8.40. The fourth-order valence-electron chi connectivity index (χ4n) is 4.24. The number of amides is 1. The van der Waals surface area contributed by atoms with Crippen LogP contribution in [0.4, 0.5) is 0 Å². The number of carbonyl (C=O) groups excluding carboxylic acids is 2. The molecule has 0 N–H and O–H groups in total. The van der Waals surface area contributed by atoms with Crippen LogP contribution in [0.1, 0.15) is 24.9 Å². The van der Waals surface area contributed by atoms with Crippen molar-refractivity contribution in [2.24, 2.45) is 4.99 Å². The van der Waals surface area contributed by atoms with Gasteiger partial charge in [-0.15, -0.1) is 0 Å². The minimum absolute atomic E-state index is 0.0644. The van der Waals surface area contributed by atoms with E-state index in [0.29, 0.717) is 36.0 Å². The Morgan fingerprint density at radius 3 is 2.62 bits per heavy atom. The van der Waals surface area contributed by atoms with Gasteiger partial charge in [-0.2, -0.15) is 0 Å². The monoisotopic (exact) mass is 504 g/mol. The van der Waals surface area contributed by atoms with Crippen molar-refractivity contribution < 1.29 is 19.1 Å². The van der Waals surface area contributed by atoms with Gasteiger partial charge in [-0.25, -0.2) is 9.79 Å². The van der Waals surface area contributed by atoms with E-state index in [2.05, 4.69) is 16.9 Å². The summed E-state index contributed by atoms with van der Waals surface area (Å²) in [6.45, 7) is 5.37. The Morgan fingerprint density at radius 1 is 1.18 bits per heavy atom. The molecule has 1 saturated heterocycles. The van der Waals surface area contributed by atoms with Crippen LogP contribution < -0.4 is 0 Å². The number of amidine groups is 1. The Bertz CT molecular complexity index is 1050. The van der Waals surface area contributed by atoms with Gasteiger partial charge >= 0.3 is 5.97 Å². The number of fused-ring (bicyclic) bond motifs is 1. The summed E-state index contributed by atoms with van der Waals surface area (Å²) < 4.78 is 10.5. The first-order valence-electron chi connectivity index (χ1n) is 11.2. The number of piperazine rings is 1. The molecule has 3 heterocycles. The van der Waals surface area contributed by atoms with Crippen LogP contribution in [0.5, 0.6) is 0 Å². The quantitative estimate of drug-likeness (QED) is 0.416. The minimum Gasteiger partial charge on any atom is -0.460 e. The second kappa shape index (κ2) is 10.9. The van der Waals surface area contributed by atoms with Crippen molar-refractivity contribution in [1.82, 2.24) is 14.7 Å². The van der Waals surface area contributed by atoms with Gasteiger partial charge in [-0.05, 0) is 31.0 Å². The predicted molar refractivity (Wildman–Crippen MR) is 133 cm³/mol. The number of methoxy groups -OCH3 is 1. The molecule has 1 unspecified atom stereocenters. The van der Waals surface area contributed by atoms with Gasteiger partial charge in [-0.1, -0.05) is 41.6 Å². The van der Waals surface area contributed by atoms with Gasteiger partial charge in [0, 0.05) is 44.0 Å². The molecule has 4 rings (SSSR count). The molecule has 34 heavy (non-hydrogen) atoms. The number of allylic oxidation sites excluding steroid dienone is 1. The lowest BCUT2D eigenvalue weighted by Crippen LogP contribution is -2.47. The molecule has 1 fully saturated rings. The van der Waals surface area contributed by atoms with Crippen LogP contribution in [0.3, 0.4) is 0 Å². The number of benzene rings is 1. The first kappa shape index (κ1) is 24.8. The van der Waals surface area contributed by atoms with E-state index < -0.39 is 12.0 Å². The highest BCUT2D eigenvalue weighted by atomic mass is 35.5. The summed E-state index contributed by atoms with van der Waals surface area (Å²) in [6.07, 6.45) is 0.224. The SMILES string of the molecule is COCCOC(=O)C1=C(C)N=C2SC=C(CC(=O)N3CCN(C)CC3)N2C1c1ccccc1Cl. The lowest BCUT2D eigenvalue weighted by atomic mass is 9.93. The molecule has 3 aliphatic heterocycles. The topological polar surface area (TPSA) is 74.7 Å². The number of rotatable bonds is 7. The smallest absolute Gasteiger partial charge is 0.338 e. The number of likely N-dealkylation sites (N-methyl/N-ethyl adjacent to an activating group) is 1. The number of thioether (sulfide) groups is 1. The van der Waals surface area contributed by atoms with Gasteiger partial charge < -0.3 is 24.2 Å². The summed E-state index contributed by atoms with van der Waals surface area (Å²) in [6, 6.07) is 6.89. The second-order valence-corrected chi connectivity index (χ2v) is 9.65. The molecule has 10 heteroatoms. The van der Waals surface area contributed by atoms with Gasteiger partial charge in [0.2, 0.25) is 5.91 Å². The van der Waals surface area contributed by atoms with Crippen LogP contribution >= 0.6 is 23.4 Å². The summed E-state index contributed by atoms with van der Waals surface area (Å²) in [7, 11) is 3.61. The van der Waals surface area contributed by atoms with Crippen molar-refractivity contribution in [1.29, 1.82) is 0 Å². The lowest BCUT2D eigenvalue weighted by Gasteiger charge is -2.37. The molecule has 3 aliphatic rings. The van der Waals surface area contributed by atoms with Crippen LogP contribution in [-0.4, -0.2) is 85.3 Å². The van der Waals surface area contributed by atoms with Crippen LogP contribution in [0.25, 0.3) is 0 Å². The van der Waals surface area contributed by atoms with Crippen molar-refractivity contribution in [3.63, 3.8) is 0 Å². The first-order chi connectivity index (χ1) is 16.4. The zero-order valence-corrected chi connectivity index (χ0v) is 21.2. The zero-order valence-electron chi connectivity index (χ0n) is 19.6. The summed E-state index contributed by atoms with van der Waals surface area (Å²) in [5.74, 6) is -0.404. The van der Waals surface area contributed by atoms with Gasteiger partial charge in [0.05, 0.1) is 30.3 Å². The molecule has 0 saturated carbocycles. The van der Waals surface area contributed by atoms with E-state index in [1.54, 1.807) is 20.1 Å². The number of esters is 1. The number of hydrogen-bond acceptors (Lipinski definition) is 8. The Hall–Kier alpha value is -2.33. The molecule has 1 atom stereocenters. The third kappa shape index (κ3) is 5.17. The van der Waals surface area contributed by atoms with E-state index in [1.165, 1.54) is 11.8 Å². The minimum atomic E-state index is -0.544. The highest BCUT2D eigenvalue weighted by Crippen LogP contribution is 2.46. The Kier molecular flexibility index (Phi) is 7.98. The number of ether oxygens (including phenoxy) is 2. The third-order valence-corrected chi connectivity index (χ3v) is 7.36. The van der Waals surface area contributed by atoms with Crippen LogP contribution in [0.15, 0.2) is 51.6 Å². The molecule has 1 aromatic rings. The highest BCUT2D eigenvalue weighted by Gasteiger charge is 2.42. The molecular formula is C24H29ClN4O4S. The number of hydrogen-bond donors (Lipinski definition) is 0. The average molecular weight is 505 g/mol. The van der Waals surface area contributed by atoms with Gasteiger partial charge in [0.25, 0.3) is 0 Å². The van der Waals surface area contributed by atoms with E-state index in [9.17, 15) is 9.59 Å². The molecule has 0 radical (unpaired) electrons. The van der Waals surface area contributed by atoms with Crippen LogP contribution in [0.2, 0.25) is 5.02 Å². The number of carbonyl (C=O) groups is 2. The van der Waals surface area contributed by atoms with Crippen molar-refractivity contribution >= 4 is 40.4 Å². The van der Waals surface area contributed by atoms with E-state index in [-0.39, 0.29) is 18.9 Å². The van der Waals surface area contributed by atoms with E-state index in [4.69, 9.17) is 21.1 Å². The molecule has 1 amide bonds. The summed E-state index contributed by atoms with van der Waals surface area (Å²) >= 11 is 8.07. The van der Waals surface area contributed by atoms with Crippen molar-refractivity contribution in [3.8, 4) is 0 Å². The molecular weight excluding hydrogens is 476 g/mol. The van der Waals surface area contributed by atoms with Crippen LogP contribution in [-0.2, 0) is 19.1 Å². The van der Waals surface area contributed by atoms with E-state index in [1.807, 2.05) is 33.4 Å². The largest absolute Gasteiger partial charge is 0.460 e. The Labute approximate surface area is 209 Å². The highest BCUT2D eigenvalue weighted by molar-refractivity contribution is 8.16. The third-order valence-electron chi connectivity index (χ3n) is 6.13. The lowest BCUT2D eigenvalue weighted by molar-refractivity contribution is -0.141. The maximum absolute atomic E-state index is 13.2. The summed E-state index contributed by atoms with van der Waals surface area (Å²) in [4.78, 5) is 37.1. The Morgan fingerprint density at radius 2 is 1.91 bits per heavy atom. The molecule has 1 aromatic carbocycles. The molecule has 0 spiro atoms. The van der Waals surface area contributed by atoms with Crippen molar-refractivity contribution in [3.05, 3.63) is 57.2 Å². The molecule has 0 aromatic heterocycles. The molecule has 0 bridgehead atoms. The van der Waals surface area contributed by atoms with Gasteiger partial charge in [0.15, 0.2) is 5.17 Å². The van der Waals surface area contributed by atoms with E-state index in [0.717, 1.165) is 29.5 Å². The van der Waals surface area contributed by atoms with E-state index >= 15 is 0 Å². The fraction of sp³-hybridized carbons (Fsp3) is 0.458. The summed E-state index contributed by atoms with van der Waals surface area (Å²) in [5.41, 5.74) is 2.54.